The third kappa shape index (κ3) is 2.74. The molecular weight excluding hydrogens is 169 g/mol. The lowest BCUT2D eigenvalue weighted by molar-refractivity contribution is 0.627. The number of rotatable bonds is 3. The molecule has 3 N–H and O–H groups in total. The second-order valence-electron chi connectivity index (χ2n) is 2.86. The van der Waals surface area contributed by atoms with Gasteiger partial charge in [-0.25, -0.2) is 4.39 Å². The van der Waals surface area contributed by atoms with Crippen LogP contribution in [0.15, 0.2) is 24.3 Å². The minimum atomic E-state index is -0.284. The highest BCUT2D eigenvalue weighted by molar-refractivity contribution is 5.82. The second-order valence-corrected chi connectivity index (χ2v) is 2.86. The van der Waals surface area contributed by atoms with Gasteiger partial charge in [0.2, 0.25) is 0 Å². The molecule has 0 saturated heterocycles. The maximum Gasteiger partial charge on any atom is 0.125 e. The van der Waals surface area contributed by atoms with Crippen LogP contribution in [0.1, 0.15) is 0 Å². The summed E-state index contributed by atoms with van der Waals surface area (Å²) in [5.41, 5.74) is 5.93. The fourth-order valence-corrected chi connectivity index (χ4v) is 1.06. The van der Waals surface area contributed by atoms with E-state index >= 15 is 0 Å². The van der Waals surface area contributed by atoms with Gasteiger partial charge in [-0.1, -0.05) is 6.07 Å². The lowest BCUT2D eigenvalue weighted by atomic mass is 10.3. The van der Waals surface area contributed by atoms with Crippen LogP contribution in [-0.4, -0.2) is 19.4 Å². The van der Waals surface area contributed by atoms with Crippen LogP contribution < -0.4 is 10.6 Å². The Bertz CT molecular complexity index is 311. The molecule has 1 aromatic rings. The van der Waals surface area contributed by atoms with Gasteiger partial charge < -0.3 is 10.6 Å². The standard InChI is InChI=1S/C9H12FN3/c1-13(6-9(11)12)8-4-2-3-7(10)5-8/h2-5H,6H2,1H3,(H3,11,12). The zero-order valence-electron chi connectivity index (χ0n) is 7.42. The van der Waals surface area contributed by atoms with Crippen LogP contribution in [-0.2, 0) is 0 Å². The second kappa shape index (κ2) is 3.89. The minimum absolute atomic E-state index is 0.0618. The molecule has 0 amide bonds. The smallest absolute Gasteiger partial charge is 0.125 e. The van der Waals surface area contributed by atoms with E-state index in [0.29, 0.717) is 6.54 Å². The summed E-state index contributed by atoms with van der Waals surface area (Å²) >= 11 is 0. The van der Waals surface area contributed by atoms with E-state index in [-0.39, 0.29) is 11.7 Å². The van der Waals surface area contributed by atoms with Crippen molar-refractivity contribution in [2.45, 2.75) is 0 Å². The fraction of sp³-hybridized carbons (Fsp3) is 0.222. The first-order valence-electron chi connectivity index (χ1n) is 3.89. The number of hydrogen-bond donors (Lipinski definition) is 2. The number of likely N-dealkylation sites (N-methyl/N-ethyl adjacent to an activating group) is 1. The van der Waals surface area contributed by atoms with Crippen molar-refractivity contribution in [3.63, 3.8) is 0 Å². The SMILES string of the molecule is CN(CC(=N)N)c1cccc(F)c1. The van der Waals surface area contributed by atoms with Crippen LogP contribution >= 0.6 is 0 Å². The monoisotopic (exact) mass is 181 g/mol. The Morgan fingerprint density at radius 1 is 1.62 bits per heavy atom. The van der Waals surface area contributed by atoms with E-state index < -0.39 is 0 Å². The van der Waals surface area contributed by atoms with Gasteiger partial charge in [0.15, 0.2) is 0 Å². The molecule has 0 heterocycles. The van der Waals surface area contributed by atoms with E-state index in [4.69, 9.17) is 11.1 Å². The van der Waals surface area contributed by atoms with Gasteiger partial charge in [0.05, 0.1) is 6.54 Å². The van der Waals surface area contributed by atoms with Crippen LogP contribution in [0.4, 0.5) is 10.1 Å². The summed E-state index contributed by atoms with van der Waals surface area (Å²) < 4.78 is 12.8. The summed E-state index contributed by atoms with van der Waals surface area (Å²) in [7, 11) is 1.76. The molecule has 0 aliphatic rings. The predicted molar refractivity (Wildman–Crippen MR) is 51.6 cm³/mol. The first kappa shape index (κ1) is 9.51. The highest BCUT2D eigenvalue weighted by Crippen LogP contribution is 2.12. The molecule has 0 atom stereocenters. The Balaban J connectivity index is 2.76. The van der Waals surface area contributed by atoms with E-state index in [9.17, 15) is 4.39 Å². The van der Waals surface area contributed by atoms with Crippen LogP contribution in [0.25, 0.3) is 0 Å². The Labute approximate surface area is 76.5 Å². The van der Waals surface area contributed by atoms with Gasteiger partial charge in [-0.05, 0) is 18.2 Å². The van der Waals surface area contributed by atoms with E-state index in [1.807, 2.05) is 0 Å². The number of hydrogen-bond acceptors (Lipinski definition) is 2. The molecule has 13 heavy (non-hydrogen) atoms. The third-order valence-electron chi connectivity index (χ3n) is 1.66. The number of benzene rings is 1. The van der Waals surface area contributed by atoms with Gasteiger partial charge in [0.25, 0.3) is 0 Å². The molecule has 4 heteroatoms. The molecule has 0 aromatic heterocycles. The summed E-state index contributed by atoms with van der Waals surface area (Å²) in [4.78, 5) is 1.71. The van der Waals surface area contributed by atoms with Gasteiger partial charge in [0.1, 0.15) is 11.7 Å². The largest absolute Gasteiger partial charge is 0.386 e. The summed E-state index contributed by atoms with van der Waals surface area (Å²) in [5, 5.41) is 7.07. The van der Waals surface area contributed by atoms with Crippen molar-refractivity contribution in [1.29, 1.82) is 5.41 Å². The van der Waals surface area contributed by atoms with Crippen LogP contribution in [0.3, 0.4) is 0 Å². The molecule has 1 aromatic carbocycles. The molecule has 1 rings (SSSR count). The third-order valence-corrected chi connectivity index (χ3v) is 1.66. The Kier molecular flexibility index (Phi) is 2.84. The molecule has 0 fully saturated rings. The Hall–Kier alpha value is -1.58. The highest BCUT2D eigenvalue weighted by Gasteiger charge is 2.02. The lowest BCUT2D eigenvalue weighted by Gasteiger charge is -2.17. The zero-order chi connectivity index (χ0) is 9.84. The summed E-state index contributed by atoms with van der Waals surface area (Å²) in [6.45, 7) is 0.309. The van der Waals surface area contributed by atoms with E-state index in [1.165, 1.54) is 12.1 Å². The average molecular weight is 181 g/mol. The molecule has 0 aliphatic heterocycles. The van der Waals surface area contributed by atoms with Gasteiger partial charge in [-0.3, -0.25) is 5.41 Å². The fourth-order valence-electron chi connectivity index (χ4n) is 1.06. The summed E-state index contributed by atoms with van der Waals surface area (Å²) in [6, 6.07) is 6.18. The predicted octanol–water partition coefficient (Wildman–Crippen LogP) is 1.20. The Morgan fingerprint density at radius 2 is 2.31 bits per heavy atom. The van der Waals surface area contributed by atoms with Crippen LogP contribution in [0, 0.1) is 11.2 Å². The van der Waals surface area contributed by atoms with Gasteiger partial charge in [-0.2, -0.15) is 0 Å². The topological polar surface area (TPSA) is 53.1 Å². The molecule has 0 saturated carbocycles. The van der Waals surface area contributed by atoms with Gasteiger partial charge in [0, 0.05) is 12.7 Å². The molecule has 0 spiro atoms. The molecular formula is C9H12FN3. The van der Waals surface area contributed by atoms with Crippen molar-refractivity contribution in [3.8, 4) is 0 Å². The zero-order valence-corrected chi connectivity index (χ0v) is 7.42. The van der Waals surface area contributed by atoms with Crippen molar-refractivity contribution >= 4 is 11.5 Å². The average Bonchev–Trinajstić information content (AvgIpc) is 2.03. The molecule has 0 unspecified atom stereocenters. The van der Waals surface area contributed by atoms with Crippen molar-refractivity contribution in [2.24, 2.45) is 5.73 Å². The van der Waals surface area contributed by atoms with Crippen molar-refractivity contribution in [3.05, 3.63) is 30.1 Å². The maximum atomic E-state index is 12.8. The lowest BCUT2D eigenvalue weighted by Crippen LogP contribution is -2.29. The number of anilines is 1. The molecule has 0 bridgehead atoms. The van der Waals surface area contributed by atoms with Crippen molar-refractivity contribution in [2.75, 3.05) is 18.5 Å². The number of nitrogens with zero attached hydrogens (tertiary/aromatic N) is 1. The van der Waals surface area contributed by atoms with E-state index in [1.54, 1.807) is 24.1 Å². The molecule has 3 nitrogen and oxygen atoms in total. The first-order valence-corrected chi connectivity index (χ1v) is 3.89. The number of halogens is 1. The van der Waals surface area contributed by atoms with E-state index in [0.717, 1.165) is 5.69 Å². The van der Waals surface area contributed by atoms with Crippen molar-refractivity contribution < 1.29 is 4.39 Å². The van der Waals surface area contributed by atoms with Crippen LogP contribution in [0.2, 0.25) is 0 Å². The highest BCUT2D eigenvalue weighted by atomic mass is 19.1. The van der Waals surface area contributed by atoms with Crippen LogP contribution in [0.5, 0.6) is 0 Å². The number of amidine groups is 1. The summed E-state index contributed by atoms with van der Waals surface area (Å²) in [6.07, 6.45) is 0. The normalized spacial score (nSPS) is 9.69. The van der Waals surface area contributed by atoms with Gasteiger partial charge in [-0.15, -0.1) is 0 Å². The van der Waals surface area contributed by atoms with E-state index in [2.05, 4.69) is 0 Å². The maximum absolute atomic E-state index is 12.8. The van der Waals surface area contributed by atoms with Gasteiger partial charge >= 0.3 is 0 Å². The molecule has 70 valence electrons. The Morgan fingerprint density at radius 3 is 2.85 bits per heavy atom. The molecule has 0 radical (unpaired) electrons. The molecule has 0 aliphatic carbocycles. The van der Waals surface area contributed by atoms with Crippen molar-refractivity contribution in [1.82, 2.24) is 0 Å². The number of nitrogens with two attached hydrogens (primary N) is 1. The number of nitrogens with one attached hydrogen (secondary N) is 1. The first-order chi connectivity index (χ1) is 6.09. The quantitative estimate of drug-likeness (QED) is 0.543. The minimum Gasteiger partial charge on any atom is -0.386 e. The summed E-state index contributed by atoms with van der Waals surface area (Å²) in [5.74, 6) is -0.223.